The SMILES string of the molecule is CC(C)(C)C(=O)OCO[C@@H]1OC(OC(=O)C(C)(C)C)[C@@H](NC(=O)CCCCCOCCOCCOCCOCCOC(=O)O)[C@H](OC(=O)C(C)(C)C)[C@@H]1OC(=O)C(C)(C)C.CCC(CC)OC(=O)NCCCCCC(=O)O. The van der Waals surface area contributed by atoms with E-state index in [-0.39, 0.29) is 38.3 Å². The van der Waals surface area contributed by atoms with E-state index in [1.807, 2.05) is 13.8 Å². The van der Waals surface area contributed by atoms with Crippen molar-refractivity contribution in [3.63, 3.8) is 0 Å². The summed E-state index contributed by atoms with van der Waals surface area (Å²) in [6, 6.07) is -1.36. The van der Waals surface area contributed by atoms with Gasteiger partial charge in [-0.15, -0.1) is 0 Å². The molecule has 1 fully saturated rings. The normalized spacial score (nSPS) is 17.7. The van der Waals surface area contributed by atoms with E-state index in [2.05, 4.69) is 15.4 Å². The molecule has 0 bridgehead atoms. The molecule has 0 aromatic carbocycles. The Hall–Kier alpha value is -4.88. The zero-order valence-corrected chi connectivity index (χ0v) is 48.4. The predicted molar refractivity (Wildman–Crippen MR) is 277 cm³/mol. The molecule has 4 N–H and O–H groups in total. The molecule has 5 atom stereocenters. The van der Waals surface area contributed by atoms with E-state index in [0.29, 0.717) is 78.5 Å². The second-order valence-corrected chi connectivity index (χ2v) is 22.2. The first-order chi connectivity index (χ1) is 35.8. The topological polar surface area (TPSA) is 312 Å². The van der Waals surface area contributed by atoms with Crippen molar-refractivity contribution < 1.29 is 105 Å². The Morgan fingerprint density at radius 3 is 1.44 bits per heavy atom. The number of ether oxygens (including phenoxy) is 12. The van der Waals surface area contributed by atoms with Gasteiger partial charge < -0.3 is 77.7 Å². The van der Waals surface area contributed by atoms with Crippen LogP contribution in [-0.2, 0) is 85.6 Å². The van der Waals surface area contributed by atoms with Crippen molar-refractivity contribution in [2.75, 3.05) is 72.8 Å². The van der Waals surface area contributed by atoms with Gasteiger partial charge in [-0.2, -0.15) is 0 Å². The molecule has 2 amide bonds. The number of hydrogen-bond donors (Lipinski definition) is 4. The van der Waals surface area contributed by atoms with Gasteiger partial charge in [-0.1, -0.05) is 26.7 Å². The van der Waals surface area contributed by atoms with E-state index < -0.39 is 101 Å². The lowest BCUT2D eigenvalue weighted by Gasteiger charge is -2.45. The zero-order valence-electron chi connectivity index (χ0n) is 48.4. The van der Waals surface area contributed by atoms with Crippen molar-refractivity contribution in [3.05, 3.63) is 0 Å². The zero-order chi connectivity index (χ0) is 58.8. The van der Waals surface area contributed by atoms with Gasteiger partial charge in [0.2, 0.25) is 18.5 Å². The van der Waals surface area contributed by atoms with Crippen LogP contribution in [0.15, 0.2) is 0 Å². The number of rotatable bonds is 34. The maximum atomic E-state index is 13.5. The summed E-state index contributed by atoms with van der Waals surface area (Å²) >= 11 is 0. The number of unbranched alkanes of at least 4 members (excludes halogenated alkanes) is 4. The highest BCUT2D eigenvalue weighted by atomic mass is 16.8. The number of nitrogens with one attached hydrogen (secondary N) is 2. The summed E-state index contributed by atoms with van der Waals surface area (Å²) in [7, 11) is 0. The minimum atomic E-state index is -1.60. The molecule has 448 valence electrons. The predicted octanol–water partition coefficient (Wildman–Crippen LogP) is 7.09. The lowest BCUT2D eigenvalue weighted by molar-refractivity contribution is -0.336. The molecule has 1 heterocycles. The number of esters is 4. The maximum Gasteiger partial charge on any atom is 0.505 e. The van der Waals surface area contributed by atoms with Crippen LogP contribution in [0.4, 0.5) is 9.59 Å². The second-order valence-electron chi connectivity index (χ2n) is 22.2. The van der Waals surface area contributed by atoms with Crippen molar-refractivity contribution in [3.8, 4) is 0 Å². The number of hydrogen-bond acceptors (Lipinski definition) is 20. The van der Waals surface area contributed by atoms with Gasteiger partial charge in [0, 0.05) is 26.0 Å². The Balaban J connectivity index is 0.00000289. The fourth-order valence-electron chi connectivity index (χ4n) is 6.00. The van der Waals surface area contributed by atoms with Gasteiger partial charge in [-0.05, 0) is 122 Å². The highest BCUT2D eigenvalue weighted by Gasteiger charge is 2.55. The average molecular weight is 1110 g/mol. The number of amides is 2. The summed E-state index contributed by atoms with van der Waals surface area (Å²) in [6.07, 6.45) is -2.07. The van der Waals surface area contributed by atoms with Crippen molar-refractivity contribution in [1.82, 2.24) is 10.6 Å². The minimum absolute atomic E-state index is 0.0120. The van der Waals surface area contributed by atoms with E-state index in [1.165, 1.54) is 0 Å². The molecule has 1 unspecified atom stereocenters. The van der Waals surface area contributed by atoms with Crippen molar-refractivity contribution >= 4 is 48.0 Å². The first-order valence-electron chi connectivity index (χ1n) is 26.5. The molecule has 1 aliphatic heterocycles. The van der Waals surface area contributed by atoms with E-state index in [4.69, 9.17) is 62.3 Å². The van der Waals surface area contributed by atoms with Gasteiger partial charge in [0.05, 0.1) is 67.9 Å². The average Bonchev–Trinajstić information content (AvgIpc) is 3.32. The largest absolute Gasteiger partial charge is 0.505 e. The van der Waals surface area contributed by atoms with Gasteiger partial charge >= 0.3 is 42.1 Å². The van der Waals surface area contributed by atoms with Crippen LogP contribution in [0.3, 0.4) is 0 Å². The number of carboxylic acids is 1. The summed E-state index contributed by atoms with van der Waals surface area (Å²) in [5, 5.41) is 22.3. The molecule has 0 spiro atoms. The standard InChI is InChI=1S/C41H71NO18.C12H23NO4/c1-38(2,3)33(44)56-26-55-32-30(58-35(46)40(7,8)9)29(57-34(45)39(4,5)6)28(31(59-32)60-36(47)41(10,11)12)42-27(43)16-14-13-15-17-50-18-19-51-20-21-52-22-23-53-24-25-54-37(48)49;1-3-10(4-2)17-12(16)13-9-7-5-6-8-11(14)15/h28-32H,13-26H2,1-12H3,(H,42,43)(H,48,49);10H,3-9H2,1-2H3,(H,13,16)(H,14,15)/t28-,29-,30-,31?,32+;/m0./s1. The third-order valence-electron chi connectivity index (χ3n) is 10.7. The third-order valence-corrected chi connectivity index (χ3v) is 10.7. The quantitative estimate of drug-likeness (QED) is 0.0216. The van der Waals surface area contributed by atoms with Crippen molar-refractivity contribution in [2.45, 2.75) is 198 Å². The molecular weight excluding hydrogens is 1020 g/mol. The molecular formula is C53H94N2O22. The summed E-state index contributed by atoms with van der Waals surface area (Å²) in [4.78, 5) is 98.0. The molecule has 0 radical (unpaired) electrons. The van der Waals surface area contributed by atoms with Crippen LogP contribution >= 0.6 is 0 Å². The van der Waals surface area contributed by atoms with Crippen LogP contribution < -0.4 is 10.6 Å². The summed E-state index contributed by atoms with van der Waals surface area (Å²) in [5.74, 6) is -3.99. The van der Waals surface area contributed by atoms with E-state index in [0.717, 1.165) is 25.7 Å². The molecule has 24 nitrogen and oxygen atoms in total. The maximum absolute atomic E-state index is 13.5. The van der Waals surface area contributed by atoms with Crippen LogP contribution in [0, 0.1) is 21.7 Å². The van der Waals surface area contributed by atoms with Gasteiger partial charge in [0.1, 0.15) is 18.8 Å². The Labute approximate surface area is 455 Å². The molecule has 24 heteroatoms. The first-order valence-corrected chi connectivity index (χ1v) is 26.5. The van der Waals surface area contributed by atoms with E-state index in [9.17, 15) is 38.4 Å². The van der Waals surface area contributed by atoms with Crippen molar-refractivity contribution in [2.24, 2.45) is 21.7 Å². The fourth-order valence-corrected chi connectivity index (χ4v) is 6.00. The minimum Gasteiger partial charge on any atom is -0.481 e. The molecule has 1 rings (SSSR count). The van der Waals surface area contributed by atoms with E-state index >= 15 is 0 Å². The Morgan fingerprint density at radius 1 is 0.506 bits per heavy atom. The van der Waals surface area contributed by atoms with Crippen LogP contribution in [0.1, 0.15) is 161 Å². The molecule has 0 aliphatic carbocycles. The highest BCUT2D eigenvalue weighted by molar-refractivity contribution is 5.79. The molecule has 1 saturated heterocycles. The van der Waals surface area contributed by atoms with Crippen LogP contribution in [0.2, 0.25) is 0 Å². The van der Waals surface area contributed by atoms with Crippen LogP contribution in [-0.4, -0.2) is 168 Å². The Morgan fingerprint density at radius 2 is 0.961 bits per heavy atom. The number of aliphatic carboxylic acids is 1. The third kappa shape index (κ3) is 34.6. The Bertz CT molecular complexity index is 1750. The lowest BCUT2D eigenvalue weighted by atomic mass is 9.94. The van der Waals surface area contributed by atoms with Gasteiger partial charge in [-0.25, -0.2) is 9.59 Å². The molecule has 77 heavy (non-hydrogen) atoms. The van der Waals surface area contributed by atoms with Crippen LogP contribution in [0.5, 0.6) is 0 Å². The lowest BCUT2D eigenvalue weighted by Crippen LogP contribution is -2.67. The molecule has 0 aromatic rings. The monoisotopic (exact) mass is 1110 g/mol. The van der Waals surface area contributed by atoms with Gasteiger partial charge in [0.15, 0.2) is 19.0 Å². The fraction of sp³-hybridized carbons (Fsp3) is 0.849. The summed E-state index contributed by atoms with van der Waals surface area (Å²) < 4.78 is 66.0. The molecule has 0 saturated carbocycles. The van der Waals surface area contributed by atoms with E-state index in [1.54, 1.807) is 83.1 Å². The second kappa shape index (κ2) is 37.8. The number of carbonyl (C=O) groups is 8. The van der Waals surface area contributed by atoms with Gasteiger partial charge in [-0.3, -0.25) is 28.8 Å². The smallest absolute Gasteiger partial charge is 0.481 e. The summed E-state index contributed by atoms with van der Waals surface area (Å²) in [6.45, 7) is 26.0. The van der Waals surface area contributed by atoms with Crippen LogP contribution in [0.25, 0.3) is 0 Å². The molecule has 1 aliphatic rings. The number of alkyl carbamates (subject to hydrolysis) is 1. The first kappa shape index (κ1) is 72.1. The van der Waals surface area contributed by atoms with Gasteiger partial charge in [0.25, 0.3) is 0 Å². The molecule has 0 aromatic heterocycles. The highest BCUT2D eigenvalue weighted by Crippen LogP contribution is 2.33. The Kier molecular flexibility index (Phi) is 35.4. The number of carbonyl (C=O) groups excluding carboxylic acids is 6. The summed E-state index contributed by atoms with van der Waals surface area (Å²) in [5.41, 5.74) is -3.98. The van der Waals surface area contributed by atoms with Crippen molar-refractivity contribution in [1.29, 1.82) is 0 Å². The number of carboxylic acid groups (broad SMARTS) is 2.